The summed E-state index contributed by atoms with van der Waals surface area (Å²) in [5, 5.41) is 3.64. The van der Waals surface area contributed by atoms with Crippen LogP contribution in [0, 0.1) is 0 Å². The lowest BCUT2D eigenvalue weighted by atomic mass is 10.2. The Hall–Kier alpha value is -1.91. The first-order valence-electron chi connectivity index (χ1n) is 7.10. The van der Waals surface area contributed by atoms with Crippen LogP contribution in [0.4, 0.5) is 5.69 Å². The molecule has 23 heavy (non-hydrogen) atoms. The molecular weight excluding hydrogens is 337 g/mol. The number of hydrogen-bond acceptors (Lipinski definition) is 3. The number of methoxy groups -OCH3 is 1. The van der Waals surface area contributed by atoms with Crippen molar-refractivity contribution >= 4 is 34.8 Å². The maximum absolute atomic E-state index is 12.4. The normalized spacial score (nSPS) is 11.7. The Balaban J connectivity index is 2.08. The van der Waals surface area contributed by atoms with Crippen molar-refractivity contribution in [2.75, 3.05) is 12.4 Å². The van der Waals surface area contributed by atoms with Gasteiger partial charge in [0.25, 0.3) is 5.91 Å². The van der Waals surface area contributed by atoms with Gasteiger partial charge >= 0.3 is 0 Å². The molecule has 0 bridgehead atoms. The van der Waals surface area contributed by atoms with Crippen molar-refractivity contribution in [1.82, 2.24) is 0 Å². The number of benzene rings is 2. The molecule has 0 heterocycles. The Labute approximate surface area is 145 Å². The maximum Gasteiger partial charge on any atom is 0.265 e. The minimum absolute atomic E-state index is 0.278. The van der Waals surface area contributed by atoms with E-state index in [0.717, 1.165) is 0 Å². The Kier molecular flexibility index (Phi) is 6.13. The molecule has 0 saturated heterocycles. The van der Waals surface area contributed by atoms with Crippen LogP contribution in [0.15, 0.2) is 42.5 Å². The van der Waals surface area contributed by atoms with Crippen LogP contribution in [0.2, 0.25) is 10.0 Å². The summed E-state index contributed by atoms with van der Waals surface area (Å²) >= 11 is 11.9. The fourth-order valence-electron chi connectivity index (χ4n) is 1.97. The third kappa shape index (κ3) is 4.78. The van der Waals surface area contributed by atoms with E-state index in [9.17, 15) is 4.79 Å². The van der Waals surface area contributed by atoms with Crippen molar-refractivity contribution in [3.63, 3.8) is 0 Å². The van der Waals surface area contributed by atoms with Gasteiger partial charge in [0.05, 0.1) is 17.8 Å². The van der Waals surface area contributed by atoms with Gasteiger partial charge in [0.1, 0.15) is 11.5 Å². The van der Waals surface area contributed by atoms with Gasteiger partial charge in [-0.1, -0.05) is 36.2 Å². The Morgan fingerprint density at radius 1 is 1.17 bits per heavy atom. The van der Waals surface area contributed by atoms with Gasteiger partial charge in [0.15, 0.2) is 6.10 Å². The molecule has 2 aromatic rings. The fraction of sp³-hybridized carbons (Fsp3) is 0.235. The molecule has 0 unspecified atom stereocenters. The second kappa shape index (κ2) is 8.09. The summed E-state index contributed by atoms with van der Waals surface area (Å²) in [5.74, 6) is 0.951. The van der Waals surface area contributed by atoms with E-state index in [4.69, 9.17) is 32.7 Å². The van der Waals surface area contributed by atoms with Crippen LogP contribution in [0.25, 0.3) is 0 Å². The maximum atomic E-state index is 12.4. The number of rotatable bonds is 6. The van der Waals surface area contributed by atoms with Gasteiger partial charge in [-0.15, -0.1) is 0 Å². The lowest BCUT2D eigenvalue weighted by Gasteiger charge is -2.18. The number of ether oxygens (including phenoxy) is 2. The molecule has 0 radical (unpaired) electrons. The largest absolute Gasteiger partial charge is 0.497 e. The van der Waals surface area contributed by atoms with E-state index >= 15 is 0 Å². The summed E-state index contributed by atoms with van der Waals surface area (Å²) in [5.41, 5.74) is 0.494. The summed E-state index contributed by atoms with van der Waals surface area (Å²) in [6.45, 7) is 1.87. The molecule has 122 valence electrons. The summed E-state index contributed by atoms with van der Waals surface area (Å²) in [6.07, 6.45) is -0.136. The molecule has 0 spiro atoms. The van der Waals surface area contributed by atoms with Crippen LogP contribution in [0.1, 0.15) is 13.3 Å². The molecule has 0 fully saturated rings. The molecule has 1 N–H and O–H groups in total. The average molecular weight is 354 g/mol. The van der Waals surface area contributed by atoms with E-state index in [-0.39, 0.29) is 5.91 Å². The highest BCUT2D eigenvalue weighted by Crippen LogP contribution is 2.26. The Morgan fingerprint density at radius 3 is 2.57 bits per heavy atom. The quantitative estimate of drug-likeness (QED) is 0.811. The van der Waals surface area contributed by atoms with Gasteiger partial charge in [0.2, 0.25) is 0 Å². The van der Waals surface area contributed by atoms with E-state index < -0.39 is 6.10 Å². The van der Waals surface area contributed by atoms with Crippen molar-refractivity contribution in [2.24, 2.45) is 0 Å². The zero-order valence-electron chi connectivity index (χ0n) is 12.8. The molecule has 0 aliphatic carbocycles. The highest BCUT2D eigenvalue weighted by Gasteiger charge is 2.19. The monoisotopic (exact) mass is 353 g/mol. The van der Waals surface area contributed by atoms with E-state index in [2.05, 4.69) is 5.32 Å². The van der Waals surface area contributed by atoms with E-state index in [1.165, 1.54) is 0 Å². The van der Waals surface area contributed by atoms with Crippen molar-refractivity contribution < 1.29 is 14.3 Å². The number of hydrogen-bond donors (Lipinski definition) is 1. The molecule has 0 aromatic heterocycles. The van der Waals surface area contributed by atoms with Crippen LogP contribution < -0.4 is 14.8 Å². The number of carbonyl (C=O) groups excluding carboxylic acids is 1. The smallest absolute Gasteiger partial charge is 0.265 e. The average Bonchev–Trinajstić information content (AvgIpc) is 2.55. The molecule has 0 aliphatic rings. The molecule has 1 amide bonds. The first-order chi connectivity index (χ1) is 11.0. The lowest BCUT2D eigenvalue weighted by Crippen LogP contribution is -2.32. The topological polar surface area (TPSA) is 47.6 Å². The van der Waals surface area contributed by atoms with Crippen LogP contribution >= 0.6 is 23.2 Å². The summed E-state index contributed by atoms with van der Waals surface area (Å²) < 4.78 is 10.9. The summed E-state index contributed by atoms with van der Waals surface area (Å²) in [7, 11) is 1.58. The molecule has 6 heteroatoms. The summed E-state index contributed by atoms with van der Waals surface area (Å²) in [6, 6.07) is 12.0. The Bertz CT molecular complexity index is 691. The molecule has 2 rings (SSSR count). The van der Waals surface area contributed by atoms with Crippen molar-refractivity contribution in [2.45, 2.75) is 19.4 Å². The van der Waals surface area contributed by atoms with Crippen LogP contribution in [-0.4, -0.2) is 19.1 Å². The van der Waals surface area contributed by atoms with Crippen LogP contribution in [0.5, 0.6) is 11.5 Å². The van der Waals surface area contributed by atoms with E-state index in [1.807, 2.05) is 6.92 Å². The minimum Gasteiger partial charge on any atom is -0.497 e. The minimum atomic E-state index is -0.645. The number of carbonyl (C=O) groups is 1. The molecule has 0 aliphatic heterocycles. The van der Waals surface area contributed by atoms with E-state index in [0.29, 0.717) is 33.7 Å². The molecular formula is C17H17Cl2NO3. The van der Waals surface area contributed by atoms with Gasteiger partial charge in [-0.25, -0.2) is 0 Å². The van der Waals surface area contributed by atoms with Crippen molar-refractivity contribution in [3.8, 4) is 11.5 Å². The number of halogens is 2. The molecule has 2 aromatic carbocycles. The van der Waals surface area contributed by atoms with Gasteiger partial charge in [-0.2, -0.15) is 0 Å². The molecule has 0 saturated carbocycles. The van der Waals surface area contributed by atoms with Gasteiger partial charge in [-0.3, -0.25) is 4.79 Å². The predicted octanol–water partition coefficient (Wildman–Crippen LogP) is 4.80. The first-order valence-corrected chi connectivity index (χ1v) is 7.85. The second-order valence-electron chi connectivity index (χ2n) is 4.81. The van der Waals surface area contributed by atoms with Crippen molar-refractivity contribution in [3.05, 3.63) is 52.5 Å². The van der Waals surface area contributed by atoms with Crippen molar-refractivity contribution in [1.29, 1.82) is 0 Å². The lowest BCUT2D eigenvalue weighted by molar-refractivity contribution is -0.122. The standard InChI is InChI=1S/C17H17Cl2NO3/c1-3-16(23-13-6-4-5-12(10-13)22-2)17(21)20-15-8-7-11(18)9-14(15)19/h4-10,16H,3H2,1-2H3,(H,20,21)/t16-/m1/s1. The van der Waals surface area contributed by atoms with Crippen LogP contribution in [-0.2, 0) is 4.79 Å². The van der Waals surface area contributed by atoms with Gasteiger partial charge < -0.3 is 14.8 Å². The second-order valence-corrected chi connectivity index (χ2v) is 5.65. The zero-order chi connectivity index (χ0) is 16.8. The molecule has 1 atom stereocenters. The molecule has 4 nitrogen and oxygen atoms in total. The highest BCUT2D eigenvalue weighted by atomic mass is 35.5. The SMILES string of the molecule is CC[C@@H](Oc1cccc(OC)c1)C(=O)Nc1ccc(Cl)cc1Cl. The third-order valence-electron chi connectivity index (χ3n) is 3.17. The predicted molar refractivity (Wildman–Crippen MR) is 92.8 cm³/mol. The number of anilines is 1. The fourth-order valence-corrected chi connectivity index (χ4v) is 2.42. The van der Waals surface area contributed by atoms with Crippen LogP contribution in [0.3, 0.4) is 0 Å². The van der Waals surface area contributed by atoms with E-state index in [1.54, 1.807) is 49.6 Å². The zero-order valence-corrected chi connectivity index (χ0v) is 14.3. The van der Waals surface area contributed by atoms with Gasteiger partial charge in [-0.05, 0) is 36.8 Å². The Morgan fingerprint density at radius 2 is 1.91 bits per heavy atom. The number of nitrogens with one attached hydrogen (secondary N) is 1. The third-order valence-corrected chi connectivity index (χ3v) is 3.72. The highest BCUT2D eigenvalue weighted by molar-refractivity contribution is 6.36. The van der Waals surface area contributed by atoms with Gasteiger partial charge in [0, 0.05) is 11.1 Å². The first kappa shape index (κ1) is 17.4. The number of amides is 1. The summed E-state index contributed by atoms with van der Waals surface area (Å²) in [4.78, 5) is 12.4.